The molecule has 0 radical (unpaired) electrons. The summed E-state index contributed by atoms with van der Waals surface area (Å²) in [5.74, 6) is -0.386. The summed E-state index contributed by atoms with van der Waals surface area (Å²) in [5.41, 5.74) is 2.90. The van der Waals surface area contributed by atoms with Crippen molar-refractivity contribution in [2.45, 2.75) is 19.8 Å². The number of nitrogens with zero attached hydrogens (tertiary/aromatic N) is 1. The highest BCUT2D eigenvalue weighted by molar-refractivity contribution is 5.67. The van der Waals surface area contributed by atoms with Gasteiger partial charge in [0.1, 0.15) is 12.0 Å². The summed E-state index contributed by atoms with van der Waals surface area (Å²) in [4.78, 5) is 14.7. The van der Waals surface area contributed by atoms with Crippen molar-refractivity contribution in [1.29, 1.82) is 0 Å². The van der Waals surface area contributed by atoms with E-state index in [0.29, 0.717) is 12.3 Å². The highest BCUT2D eigenvalue weighted by Crippen LogP contribution is 2.19. The zero-order chi connectivity index (χ0) is 12.3. The van der Waals surface area contributed by atoms with E-state index >= 15 is 0 Å². The van der Waals surface area contributed by atoms with Crippen LogP contribution in [0.3, 0.4) is 0 Å². The quantitative estimate of drug-likeness (QED) is 0.878. The fraction of sp³-hybridized carbons (Fsp3) is 0.231. The number of hydrogen-bond acceptors (Lipinski definition) is 3. The van der Waals surface area contributed by atoms with Gasteiger partial charge in [0.2, 0.25) is 0 Å². The first-order valence-corrected chi connectivity index (χ1v) is 5.38. The zero-order valence-electron chi connectivity index (χ0n) is 9.51. The van der Waals surface area contributed by atoms with Crippen LogP contribution in [-0.2, 0) is 11.2 Å². The SMILES string of the molecule is Cc1ccc(-c2coc(CCC(=O)O)n2)cc1. The molecule has 0 amide bonds. The lowest BCUT2D eigenvalue weighted by atomic mass is 10.1. The van der Waals surface area contributed by atoms with E-state index in [-0.39, 0.29) is 6.42 Å². The molecule has 0 unspecified atom stereocenters. The summed E-state index contributed by atoms with van der Waals surface area (Å²) in [6.07, 6.45) is 1.91. The molecular formula is C13H13NO3. The molecule has 17 heavy (non-hydrogen) atoms. The average Bonchev–Trinajstić information content (AvgIpc) is 2.76. The largest absolute Gasteiger partial charge is 0.481 e. The summed E-state index contributed by atoms with van der Waals surface area (Å²) in [7, 11) is 0. The number of aliphatic carboxylic acids is 1. The first-order chi connectivity index (χ1) is 8.15. The Bertz CT molecular complexity index is 514. The molecule has 1 N–H and O–H groups in total. The second-order valence-electron chi connectivity index (χ2n) is 3.89. The van der Waals surface area contributed by atoms with Crippen LogP contribution in [0.15, 0.2) is 34.9 Å². The van der Waals surface area contributed by atoms with E-state index in [0.717, 1.165) is 11.3 Å². The van der Waals surface area contributed by atoms with E-state index in [1.165, 1.54) is 5.56 Å². The second kappa shape index (κ2) is 4.82. The molecule has 88 valence electrons. The van der Waals surface area contributed by atoms with Gasteiger partial charge in [-0.1, -0.05) is 29.8 Å². The summed E-state index contributed by atoms with van der Waals surface area (Å²) in [6, 6.07) is 7.93. The minimum atomic E-state index is -0.847. The summed E-state index contributed by atoms with van der Waals surface area (Å²) >= 11 is 0. The Balaban J connectivity index is 2.12. The van der Waals surface area contributed by atoms with E-state index in [2.05, 4.69) is 4.98 Å². The Kier molecular flexibility index (Phi) is 3.23. The number of carbonyl (C=O) groups is 1. The molecule has 2 rings (SSSR count). The predicted octanol–water partition coefficient (Wildman–Crippen LogP) is 2.67. The molecule has 0 bridgehead atoms. The smallest absolute Gasteiger partial charge is 0.303 e. The van der Waals surface area contributed by atoms with Gasteiger partial charge in [-0.2, -0.15) is 0 Å². The number of hydrogen-bond donors (Lipinski definition) is 1. The molecule has 2 aromatic rings. The van der Waals surface area contributed by atoms with Crippen LogP contribution in [0.1, 0.15) is 17.9 Å². The molecular weight excluding hydrogens is 218 g/mol. The highest BCUT2D eigenvalue weighted by atomic mass is 16.4. The number of rotatable bonds is 4. The molecule has 0 aliphatic rings. The Morgan fingerprint density at radius 1 is 1.35 bits per heavy atom. The summed E-state index contributed by atoms with van der Waals surface area (Å²) in [6.45, 7) is 2.02. The van der Waals surface area contributed by atoms with Crippen LogP contribution < -0.4 is 0 Å². The Morgan fingerprint density at radius 3 is 2.71 bits per heavy atom. The molecule has 1 aromatic carbocycles. The maximum Gasteiger partial charge on any atom is 0.303 e. The third kappa shape index (κ3) is 2.93. The molecule has 0 atom stereocenters. The second-order valence-corrected chi connectivity index (χ2v) is 3.89. The van der Waals surface area contributed by atoms with Crippen molar-refractivity contribution in [1.82, 2.24) is 4.98 Å². The van der Waals surface area contributed by atoms with Crippen molar-refractivity contribution in [2.75, 3.05) is 0 Å². The maximum atomic E-state index is 10.4. The van der Waals surface area contributed by atoms with E-state index in [1.807, 2.05) is 31.2 Å². The molecule has 4 nitrogen and oxygen atoms in total. The van der Waals surface area contributed by atoms with Crippen LogP contribution in [0.5, 0.6) is 0 Å². The number of benzene rings is 1. The molecule has 0 saturated carbocycles. The van der Waals surface area contributed by atoms with Crippen molar-refractivity contribution in [3.05, 3.63) is 42.0 Å². The van der Waals surface area contributed by atoms with Crippen LogP contribution in [0.25, 0.3) is 11.3 Å². The minimum Gasteiger partial charge on any atom is -0.481 e. The van der Waals surface area contributed by atoms with Crippen molar-refractivity contribution < 1.29 is 14.3 Å². The standard InChI is InChI=1S/C13H13NO3/c1-9-2-4-10(5-3-9)11-8-17-12(14-11)6-7-13(15)16/h2-5,8H,6-7H2,1H3,(H,15,16). The lowest BCUT2D eigenvalue weighted by molar-refractivity contribution is -0.137. The van der Waals surface area contributed by atoms with Crippen molar-refractivity contribution >= 4 is 5.97 Å². The van der Waals surface area contributed by atoms with Gasteiger partial charge in [-0.05, 0) is 6.92 Å². The average molecular weight is 231 g/mol. The van der Waals surface area contributed by atoms with E-state index in [9.17, 15) is 4.79 Å². The fourth-order valence-corrected chi connectivity index (χ4v) is 1.50. The third-order valence-corrected chi connectivity index (χ3v) is 2.45. The molecule has 1 aromatic heterocycles. The summed E-state index contributed by atoms with van der Waals surface area (Å²) < 4.78 is 5.23. The van der Waals surface area contributed by atoms with Gasteiger partial charge < -0.3 is 9.52 Å². The van der Waals surface area contributed by atoms with Crippen LogP contribution in [0, 0.1) is 6.92 Å². The molecule has 4 heteroatoms. The van der Waals surface area contributed by atoms with Gasteiger partial charge in [0, 0.05) is 12.0 Å². The third-order valence-electron chi connectivity index (χ3n) is 2.45. The molecule has 0 spiro atoms. The van der Waals surface area contributed by atoms with Crippen LogP contribution >= 0.6 is 0 Å². The van der Waals surface area contributed by atoms with E-state index in [4.69, 9.17) is 9.52 Å². The van der Waals surface area contributed by atoms with Gasteiger partial charge in [0.25, 0.3) is 0 Å². The van der Waals surface area contributed by atoms with E-state index < -0.39 is 5.97 Å². The van der Waals surface area contributed by atoms with Gasteiger partial charge in [-0.15, -0.1) is 0 Å². The van der Waals surface area contributed by atoms with Gasteiger partial charge in [0.15, 0.2) is 5.89 Å². The van der Waals surface area contributed by atoms with Gasteiger partial charge in [-0.3, -0.25) is 4.79 Å². The van der Waals surface area contributed by atoms with Gasteiger partial charge >= 0.3 is 5.97 Å². The van der Waals surface area contributed by atoms with Crippen molar-refractivity contribution in [3.8, 4) is 11.3 Å². The Labute approximate surface area is 98.9 Å². The molecule has 1 heterocycles. The minimum absolute atomic E-state index is 0.0356. The van der Waals surface area contributed by atoms with Crippen LogP contribution in [-0.4, -0.2) is 16.1 Å². The Hall–Kier alpha value is -2.10. The molecule has 0 fully saturated rings. The maximum absolute atomic E-state index is 10.4. The van der Waals surface area contributed by atoms with Crippen LogP contribution in [0.4, 0.5) is 0 Å². The number of carboxylic acids is 1. The molecule has 0 saturated heterocycles. The first kappa shape index (κ1) is 11.4. The number of aryl methyl sites for hydroxylation is 2. The first-order valence-electron chi connectivity index (χ1n) is 5.38. The number of aromatic nitrogens is 1. The zero-order valence-corrected chi connectivity index (χ0v) is 9.51. The molecule has 0 aliphatic carbocycles. The fourth-order valence-electron chi connectivity index (χ4n) is 1.50. The van der Waals surface area contributed by atoms with Crippen molar-refractivity contribution in [3.63, 3.8) is 0 Å². The normalized spacial score (nSPS) is 10.4. The van der Waals surface area contributed by atoms with Crippen molar-refractivity contribution in [2.24, 2.45) is 0 Å². The predicted molar refractivity (Wildman–Crippen MR) is 62.6 cm³/mol. The lowest BCUT2D eigenvalue weighted by Crippen LogP contribution is -1.97. The monoisotopic (exact) mass is 231 g/mol. The molecule has 0 aliphatic heterocycles. The lowest BCUT2D eigenvalue weighted by Gasteiger charge is -1.95. The van der Waals surface area contributed by atoms with Gasteiger partial charge in [0.05, 0.1) is 6.42 Å². The van der Waals surface area contributed by atoms with Gasteiger partial charge in [-0.25, -0.2) is 4.98 Å². The number of oxazole rings is 1. The summed E-state index contributed by atoms with van der Waals surface area (Å²) in [5, 5.41) is 8.56. The van der Waals surface area contributed by atoms with E-state index in [1.54, 1.807) is 6.26 Å². The topological polar surface area (TPSA) is 63.3 Å². The Morgan fingerprint density at radius 2 is 2.06 bits per heavy atom. The number of carboxylic acid groups (broad SMARTS) is 1. The van der Waals surface area contributed by atoms with Crippen LogP contribution in [0.2, 0.25) is 0 Å². The highest BCUT2D eigenvalue weighted by Gasteiger charge is 2.07.